The third-order valence-corrected chi connectivity index (χ3v) is 3.06. The number of nitrogens with one attached hydrogen (secondary N) is 1. The Labute approximate surface area is 116 Å². The van der Waals surface area contributed by atoms with Crippen LogP contribution < -0.4 is 5.56 Å². The van der Waals surface area contributed by atoms with Gasteiger partial charge in [0.2, 0.25) is 0 Å². The van der Waals surface area contributed by atoms with Crippen molar-refractivity contribution in [2.24, 2.45) is 0 Å². The maximum Gasteiger partial charge on any atom is 0.319 e. The van der Waals surface area contributed by atoms with Gasteiger partial charge in [-0.2, -0.15) is 0 Å². The molecule has 0 aliphatic heterocycles. The van der Waals surface area contributed by atoms with Crippen LogP contribution in [0.3, 0.4) is 0 Å². The third-order valence-electron chi connectivity index (χ3n) is 3.06. The predicted octanol–water partition coefficient (Wildman–Crippen LogP) is 0.918. The van der Waals surface area contributed by atoms with Gasteiger partial charge in [-0.25, -0.2) is 4.98 Å². The number of rotatable bonds is 5. The van der Waals surface area contributed by atoms with Gasteiger partial charge in [-0.3, -0.25) is 14.5 Å². The number of hydrogen-bond acceptors (Lipinski definition) is 5. The lowest BCUT2D eigenvalue weighted by Crippen LogP contribution is -2.31. The normalized spacial score (nSPS) is 10.9. The number of benzene rings is 1. The number of esters is 1. The van der Waals surface area contributed by atoms with Gasteiger partial charge in [-0.1, -0.05) is 19.1 Å². The van der Waals surface area contributed by atoms with E-state index in [1.165, 1.54) is 7.11 Å². The Bertz CT molecular complexity index is 666. The first kappa shape index (κ1) is 14.2. The van der Waals surface area contributed by atoms with Crippen molar-refractivity contribution in [2.75, 3.05) is 20.2 Å². The smallest absolute Gasteiger partial charge is 0.319 e. The van der Waals surface area contributed by atoms with Gasteiger partial charge >= 0.3 is 5.97 Å². The molecule has 0 bridgehead atoms. The molecule has 0 atom stereocenters. The molecule has 106 valence electrons. The number of nitrogens with zero attached hydrogens (tertiary/aromatic N) is 2. The minimum absolute atomic E-state index is 0.167. The molecule has 1 aromatic heterocycles. The lowest BCUT2D eigenvalue weighted by Gasteiger charge is -2.18. The number of fused-ring (bicyclic) bond motifs is 1. The van der Waals surface area contributed by atoms with E-state index < -0.39 is 0 Å². The van der Waals surface area contributed by atoms with Crippen molar-refractivity contribution < 1.29 is 9.53 Å². The second-order valence-electron chi connectivity index (χ2n) is 4.41. The van der Waals surface area contributed by atoms with E-state index >= 15 is 0 Å². The molecule has 0 amide bonds. The summed E-state index contributed by atoms with van der Waals surface area (Å²) < 4.78 is 4.64. The number of aromatic amines is 1. The number of carbonyl (C=O) groups excluding carboxylic acids is 1. The van der Waals surface area contributed by atoms with Crippen molar-refractivity contribution in [3.63, 3.8) is 0 Å². The molecule has 6 heteroatoms. The Balaban J connectivity index is 2.24. The molecular weight excluding hydrogens is 258 g/mol. The van der Waals surface area contributed by atoms with Gasteiger partial charge in [0.1, 0.15) is 5.82 Å². The van der Waals surface area contributed by atoms with Crippen molar-refractivity contribution in [1.82, 2.24) is 14.9 Å². The largest absolute Gasteiger partial charge is 0.468 e. The van der Waals surface area contributed by atoms with Crippen LogP contribution in [-0.4, -0.2) is 41.0 Å². The number of aromatic nitrogens is 2. The van der Waals surface area contributed by atoms with Crippen molar-refractivity contribution >= 4 is 16.9 Å². The average Bonchev–Trinajstić information content (AvgIpc) is 2.46. The highest BCUT2D eigenvalue weighted by molar-refractivity contribution is 5.77. The highest BCUT2D eigenvalue weighted by Crippen LogP contribution is 2.07. The fourth-order valence-electron chi connectivity index (χ4n) is 1.95. The van der Waals surface area contributed by atoms with Crippen molar-refractivity contribution in [3.8, 4) is 0 Å². The van der Waals surface area contributed by atoms with Crippen LogP contribution in [0.4, 0.5) is 0 Å². The predicted molar refractivity (Wildman–Crippen MR) is 75.3 cm³/mol. The van der Waals surface area contributed by atoms with Crippen LogP contribution in [0, 0.1) is 0 Å². The Morgan fingerprint density at radius 2 is 2.15 bits per heavy atom. The summed E-state index contributed by atoms with van der Waals surface area (Å²) in [4.78, 5) is 32.2. The van der Waals surface area contributed by atoms with E-state index in [2.05, 4.69) is 14.7 Å². The molecule has 0 radical (unpaired) electrons. The zero-order chi connectivity index (χ0) is 14.5. The summed E-state index contributed by atoms with van der Waals surface area (Å²) in [5.41, 5.74) is 0.486. The molecule has 0 aliphatic carbocycles. The maximum absolute atomic E-state index is 11.9. The van der Waals surface area contributed by atoms with Gasteiger partial charge in [0.25, 0.3) is 5.56 Å². The van der Waals surface area contributed by atoms with Crippen molar-refractivity contribution in [2.45, 2.75) is 13.5 Å². The third kappa shape index (κ3) is 3.21. The first-order valence-corrected chi connectivity index (χ1v) is 6.41. The summed E-state index contributed by atoms with van der Waals surface area (Å²) in [6.07, 6.45) is 0. The Kier molecular flexibility index (Phi) is 4.47. The number of H-pyrrole nitrogens is 1. The quantitative estimate of drug-likeness (QED) is 0.821. The summed E-state index contributed by atoms with van der Waals surface area (Å²) in [6, 6.07) is 7.17. The SMILES string of the molecule is CCN(CC(=O)OC)Cc1nc2ccccc2c(=O)[nH]1. The van der Waals surface area contributed by atoms with E-state index in [1.54, 1.807) is 18.2 Å². The van der Waals surface area contributed by atoms with Gasteiger partial charge in [-0.05, 0) is 18.7 Å². The zero-order valence-electron chi connectivity index (χ0n) is 11.5. The standard InChI is InChI=1S/C14H17N3O3/c1-3-17(9-13(18)20-2)8-12-15-11-7-5-4-6-10(11)14(19)16-12/h4-7H,3,8-9H2,1-2H3,(H,15,16,19). The van der Waals surface area contributed by atoms with Crippen LogP contribution in [0.15, 0.2) is 29.1 Å². The van der Waals surface area contributed by atoms with E-state index in [4.69, 9.17) is 0 Å². The second kappa shape index (κ2) is 6.29. The van der Waals surface area contributed by atoms with Gasteiger partial charge < -0.3 is 9.72 Å². The molecule has 1 aromatic carbocycles. The first-order chi connectivity index (χ1) is 9.63. The number of methoxy groups -OCH3 is 1. The summed E-state index contributed by atoms with van der Waals surface area (Å²) in [5, 5.41) is 0.562. The maximum atomic E-state index is 11.9. The molecule has 1 heterocycles. The molecule has 20 heavy (non-hydrogen) atoms. The van der Waals surface area contributed by atoms with Crippen LogP contribution in [0.25, 0.3) is 10.9 Å². The lowest BCUT2D eigenvalue weighted by atomic mass is 10.2. The molecule has 0 aliphatic rings. The number of likely N-dealkylation sites (N-methyl/N-ethyl adjacent to an activating group) is 1. The van der Waals surface area contributed by atoms with Crippen LogP contribution in [0.2, 0.25) is 0 Å². The summed E-state index contributed by atoms with van der Waals surface area (Å²) in [6.45, 7) is 3.16. The number of hydrogen-bond donors (Lipinski definition) is 1. The first-order valence-electron chi connectivity index (χ1n) is 6.41. The van der Waals surface area contributed by atoms with Crippen LogP contribution in [0.1, 0.15) is 12.7 Å². The molecular formula is C14H17N3O3. The molecule has 0 saturated carbocycles. The summed E-state index contributed by atoms with van der Waals surface area (Å²) >= 11 is 0. The van der Waals surface area contributed by atoms with Crippen LogP contribution in [-0.2, 0) is 16.1 Å². The average molecular weight is 275 g/mol. The van der Waals surface area contributed by atoms with Crippen molar-refractivity contribution in [3.05, 3.63) is 40.4 Å². The van der Waals surface area contributed by atoms with Gasteiger partial charge in [0, 0.05) is 0 Å². The zero-order valence-corrected chi connectivity index (χ0v) is 11.5. The Morgan fingerprint density at radius 1 is 1.40 bits per heavy atom. The van der Waals surface area contributed by atoms with Gasteiger partial charge in [0.15, 0.2) is 0 Å². The molecule has 0 saturated heterocycles. The number of para-hydroxylation sites is 1. The summed E-state index contributed by atoms with van der Waals surface area (Å²) in [5.74, 6) is 0.231. The molecule has 0 unspecified atom stereocenters. The molecule has 1 N–H and O–H groups in total. The molecule has 6 nitrogen and oxygen atoms in total. The fourth-order valence-corrected chi connectivity index (χ4v) is 1.95. The molecule has 2 aromatic rings. The monoisotopic (exact) mass is 275 g/mol. The highest BCUT2D eigenvalue weighted by atomic mass is 16.5. The lowest BCUT2D eigenvalue weighted by molar-refractivity contribution is -0.142. The number of carbonyl (C=O) groups is 1. The Morgan fingerprint density at radius 3 is 2.85 bits per heavy atom. The highest BCUT2D eigenvalue weighted by Gasteiger charge is 2.12. The minimum Gasteiger partial charge on any atom is -0.468 e. The Hall–Kier alpha value is -2.21. The van der Waals surface area contributed by atoms with E-state index in [0.29, 0.717) is 29.8 Å². The van der Waals surface area contributed by atoms with Crippen LogP contribution in [0.5, 0.6) is 0 Å². The molecule has 2 rings (SSSR count). The topological polar surface area (TPSA) is 75.3 Å². The molecule has 0 fully saturated rings. The van der Waals surface area contributed by atoms with Crippen molar-refractivity contribution in [1.29, 1.82) is 0 Å². The minimum atomic E-state index is -0.310. The second-order valence-corrected chi connectivity index (χ2v) is 4.41. The van der Waals surface area contributed by atoms with Gasteiger partial charge in [0.05, 0.1) is 31.1 Å². The fraction of sp³-hybridized carbons (Fsp3) is 0.357. The van der Waals surface area contributed by atoms with Crippen LogP contribution >= 0.6 is 0 Å². The molecule has 0 spiro atoms. The summed E-state index contributed by atoms with van der Waals surface area (Å²) in [7, 11) is 1.35. The van der Waals surface area contributed by atoms with Gasteiger partial charge in [-0.15, -0.1) is 0 Å². The number of ether oxygens (including phenoxy) is 1. The van der Waals surface area contributed by atoms with E-state index in [9.17, 15) is 9.59 Å². The van der Waals surface area contributed by atoms with E-state index in [-0.39, 0.29) is 18.1 Å². The van der Waals surface area contributed by atoms with E-state index in [0.717, 1.165) is 0 Å². The van der Waals surface area contributed by atoms with E-state index in [1.807, 2.05) is 17.9 Å².